The standard InChI is InChI=1S/C21H16N2O3S/c1-25-17-7-4-6-15(14-17)23(20(24)12-11-16-8-5-13-26-16)21-22-18-9-2-3-10-19(18)27-21/h2-14H,1H3. The minimum absolute atomic E-state index is 0.223. The molecular formula is C21H16N2O3S. The summed E-state index contributed by atoms with van der Waals surface area (Å²) in [5, 5.41) is 0.596. The third-order valence-corrected chi connectivity index (χ3v) is 4.96. The normalized spacial score (nSPS) is 11.1. The summed E-state index contributed by atoms with van der Waals surface area (Å²) in [5.74, 6) is 1.05. The van der Waals surface area contributed by atoms with Gasteiger partial charge in [0, 0.05) is 12.1 Å². The van der Waals surface area contributed by atoms with Gasteiger partial charge in [-0.3, -0.25) is 9.69 Å². The first kappa shape index (κ1) is 17.1. The molecule has 0 atom stereocenters. The summed E-state index contributed by atoms with van der Waals surface area (Å²) in [4.78, 5) is 19.3. The second-order valence-corrected chi connectivity index (χ2v) is 6.70. The Kier molecular flexibility index (Phi) is 4.72. The van der Waals surface area contributed by atoms with E-state index < -0.39 is 0 Å². The Morgan fingerprint density at radius 3 is 2.81 bits per heavy atom. The third-order valence-electron chi connectivity index (χ3n) is 3.94. The summed E-state index contributed by atoms with van der Waals surface area (Å²) in [5.41, 5.74) is 1.54. The van der Waals surface area contributed by atoms with Gasteiger partial charge in [0.2, 0.25) is 0 Å². The van der Waals surface area contributed by atoms with Crippen LogP contribution in [0.1, 0.15) is 5.76 Å². The SMILES string of the molecule is COc1cccc(N(C(=O)C=Cc2ccco2)c2nc3ccccc3s2)c1. The number of methoxy groups -OCH3 is 1. The molecule has 0 aliphatic heterocycles. The smallest absolute Gasteiger partial charge is 0.257 e. The highest BCUT2D eigenvalue weighted by atomic mass is 32.1. The van der Waals surface area contributed by atoms with Gasteiger partial charge in [-0.2, -0.15) is 0 Å². The highest BCUT2D eigenvalue weighted by molar-refractivity contribution is 7.22. The average Bonchev–Trinajstić information content (AvgIpc) is 3.36. The van der Waals surface area contributed by atoms with Gasteiger partial charge < -0.3 is 9.15 Å². The van der Waals surface area contributed by atoms with Crippen molar-refractivity contribution in [3.63, 3.8) is 0 Å². The topological polar surface area (TPSA) is 55.6 Å². The van der Waals surface area contributed by atoms with E-state index in [4.69, 9.17) is 9.15 Å². The van der Waals surface area contributed by atoms with Crippen molar-refractivity contribution in [2.24, 2.45) is 0 Å². The number of fused-ring (bicyclic) bond motifs is 1. The van der Waals surface area contributed by atoms with Crippen LogP contribution in [0.5, 0.6) is 5.75 Å². The Labute approximate surface area is 160 Å². The van der Waals surface area contributed by atoms with Crippen LogP contribution in [0.4, 0.5) is 10.8 Å². The Morgan fingerprint density at radius 2 is 2.04 bits per heavy atom. The summed E-state index contributed by atoms with van der Waals surface area (Å²) in [6, 6.07) is 18.7. The zero-order chi connectivity index (χ0) is 18.6. The number of para-hydroxylation sites is 1. The number of amides is 1. The van der Waals surface area contributed by atoms with E-state index in [1.54, 1.807) is 36.5 Å². The number of rotatable bonds is 5. The van der Waals surface area contributed by atoms with Crippen LogP contribution in [0.15, 0.2) is 77.4 Å². The van der Waals surface area contributed by atoms with E-state index in [9.17, 15) is 4.79 Å². The lowest BCUT2D eigenvalue weighted by Gasteiger charge is -2.18. The molecule has 1 amide bonds. The van der Waals surface area contributed by atoms with Crippen LogP contribution in [0.2, 0.25) is 0 Å². The van der Waals surface area contributed by atoms with Gasteiger partial charge in [0.1, 0.15) is 11.5 Å². The van der Waals surface area contributed by atoms with Crippen molar-refractivity contribution < 1.29 is 13.9 Å². The number of benzene rings is 2. The number of carbonyl (C=O) groups is 1. The van der Waals surface area contributed by atoms with Gasteiger partial charge in [0.05, 0.1) is 29.3 Å². The number of thiazole rings is 1. The molecule has 2 aromatic carbocycles. The predicted octanol–water partition coefficient (Wildman–Crippen LogP) is 5.28. The van der Waals surface area contributed by atoms with Gasteiger partial charge in [-0.05, 0) is 42.5 Å². The molecule has 0 saturated heterocycles. The molecule has 5 nitrogen and oxygen atoms in total. The molecule has 27 heavy (non-hydrogen) atoms. The van der Waals surface area contributed by atoms with E-state index in [2.05, 4.69) is 4.98 Å². The fraction of sp³-hybridized carbons (Fsp3) is 0.0476. The molecule has 4 aromatic rings. The Balaban J connectivity index is 1.77. The van der Waals surface area contributed by atoms with Crippen molar-refractivity contribution in [3.8, 4) is 5.75 Å². The Bertz CT molecular complexity index is 1070. The molecule has 0 saturated carbocycles. The van der Waals surface area contributed by atoms with Crippen LogP contribution in [0.3, 0.4) is 0 Å². The number of ether oxygens (including phenoxy) is 1. The molecule has 6 heteroatoms. The van der Waals surface area contributed by atoms with Gasteiger partial charge in [0.15, 0.2) is 5.13 Å². The second kappa shape index (κ2) is 7.47. The monoisotopic (exact) mass is 376 g/mol. The number of anilines is 2. The number of furan rings is 1. The maximum Gasteiger partial charge on any atom is 0.257 e. The summed E-state index contributed by atoms with van der Waals surface area (Å²) < 4.78 is 11.6. The van der Waals surface area contributed by atoms with E-state index in [0.717, 1.165) is 10.2 Å². The molecule has 0 spiro atoms. The highest BCUT2D eigenvalue weighted by Crippen LogP contribution is 2.35. The molecule has 0 bridgehead atoms. The Hall–Kier alpha value is -3.38. The average molecular weight is 376 g/mol. The van der Waals surface area contributed by atoms with Crippen LogP contribution in [-0.4, -0.2) is 18.0 Å². The van der Waals surface area contributed by atoms with Crippen LogP contribution in [-0.2, 0) is 4.79 Å². The van der Waals surface area contributed by atoms with Gasteiger partial charge in [-0.1, -0.05) is 29.5 Å². The van der Waals surface area contributed by atoms with Crippen LogP contribution in [0.25, 0.3) is 16.3 Å². The number of aromatic nitrogens is 1. The highest BCUT2D eigenvalue weighted by Gasteiger charge is 2.20. The minimum Gasteiger partial charge on any atom is -0.497 e. The first-order valence-corrected chi connectivity index (χ1v) is 9.11. The maximum absolute atomic E-state index is 13.0. The number of hydrogen-bond donors (Lipinski definition) is 0. The van der Waals surface area contributed by atoms with Crippen molar-refractivity contribution in [3.05, 3.63) is 78.8 Å². The number of hydrogen-bond acceptors (Lipinski definition) is 5. The first-order chi connectivity index (χ1) is 13.2. The van der Waals surface area contributed by atoms with E-state index in [-0.39, 0.29) is 5.91 Å². The van der Waals surface area contributed by atoms with Crippen molar-refractivity contribution in [1.29, 1.82) is 0 Å². The molecule has 0 radical (unpaired) electrons. The lowest BCUT2D eigenvalue weighted by Crippen LogP contribution is -2.23. The quantitative estimate of drug-likeness (QED) is 0.445. The minimum atomic E-state index is -0.223. The molecule has 0 aliphatic carbocycles. The molecule has 0 fully saturated rings. The van der Waals surface area contributed by atoms with Crippen molar-refractivity contribution >= 4 is 44.4 Å². The van der Waals surface area contributed by atoms with E-state index in [0.29, 0.717) is 22.3 Å². The van der Waals surface area contributed by atoms with Crippen LogP contribution in [0, 0.1) is 0 Å². The second-order valence-electron chi connectivity index (χ2n) is 5.69. The molecule has 4 rings (SSSR count). The molecule has 0 N–H and O–H groups in total. The van der Waals surface area contributed by atoms with E-state index >= 15 is 0 Å². The van der Waals surface area contributed by atoms with E-state index in [1.807, 2.05) is 48.5 Å². The zero-order valence-electron chi connectivity index (χ0n) is 14.5. The first-order valence-electron chi connectivity index (χ1n) is 8.30. The summed E-state index contributed by atoms with van der Waals surface area (Å²) >= 11 is 1.46. The van der Waals surface area contributed by atoms with Crippen molar-refractivity contribution in [2.75, 3.05) is 12.0 Å². The zero-order valence-corrected chi connectivity index (χ0v) is 15.3. The predicted molar refractivity (Wildman–Crippen MR) is 108 cm³/mol. The lowest BCUT2D eigenvalue weighted by molar-refractivity contribution is -0.113. The van der Waals surface area contributed by atoms with Gasteiger partial charge in [-0.15, -0.1) is 0 Å². The molecular weight excluding hydrogens is 360 g/mol. The summed E-state index contributed by atoms with van der Waals surface area (Å²) in [7, 11) is 1.60. The fourth-order valence-electron chi connectivity index (χ4n) is 2.65. The van der Waals surface area contributed by atoms with Crippen LogP contribution < -0.4 is 9.64 Å². The van der Waals surface area contributed by atoms with Crippen molar-refractivity contribution in [1.82, 2.24) is 4.98 Å². The van der Waals surface area contributed by atoms with Gasteiger partial charge in [-0.25, -0.2) is 4.98 Å². The largest absolute Gasteiger partial charge is 0.497 e. The van der Waals surface area contributed by atoms with E-state index in [1.165, 1.54) is 17.4 Å². The van der Waals surface area contributed by atoms with Gasteiger partial charge >= 0.3 is 0 Å². The number of carbonyl (C=O) groups excluding carboxylic acids is 1. The number of nitrogens with zero attached hydrogens (tertiary/aromatic N) is 2. The third kappa shape index (κ3) is 3.61. The molecule has 134 valence electrons. The molecule has 2 aromatic heterocycles. The maximum atomic E-state index is 13.0. The van der Waals surface area contributed by atoms with Gasteiger partial charge in [0.25, 0.3) is 5.91 Å². The molecule has 2 heterocycles. The fourth-order valence-corrected chi connectivity index (χ4v) is 3.64. The van der Waals surface area contributed by atoms with Crippen LogP contribution >= 0.6 is 11.3 Å². The Morgan fingerprint density at radius 1 is 1.15 bits per heavy atom. The molecule has 0 aliphatic rings. The summed E-state index contributed by atoms with van der Waals surface area (Å²) in [6.07, 6.45) is 4.69. The van der Waals surface area contributed by atoms with Crippen molar-refractivity contribution in [2.45, 2.75) is 0 Å². The lowest BCUT2D eigenvalue weighted by atomic mass is 10.2. The molecule has 0 unspecified atom stereocenters. The summed E-state index contributed by atoms with van der Waals surface area (Å²) in [6.45, 7) is 0.